The average Bonchev–Trinajstić information content (AvgIpc) is 3.09. The number of ether oxygens (including phenoxy) is 1. The molecule has 0 N–H and O–H groups in total. The summed E-state index contributed by atoms with van der Waals surface area (Å²) in [7, 11) is 0. The molecule has 2 rings (SSSR count). The Morgan fingerprint density at radius 3 is 2.29 bits per heavy atom. The largest absolute Gasteiger partial charge is 0.489 e. The van der Waals surface area contributed by atoms with Crippen molar-refractivity contribution in [2.75, 3.05) is 6.61 Å². The van der Waals surface area contributed by atoms with E-state index in [0.717, 1.165) is 25.0 Å². The smallest absolute Gasteiger partial charge is 0.127 e. The van der Waals surface area contributed by atoms with Gasteiger partial charge in [-0.05, 0) is 35.8 Å². The molecule has 1 aliphatic carbocycles. The van der Waals surface area contributed by atoms with Crippen LogP contribution >= 0.6 is 0 Å². The Kier molecular flexibility index (Phi) is 5.74. The Balaban J connectivity index is 2.70. The molecule has 0 amide bonds. The van der Waals surface area contributed by atoms with Crippen molar-refractivity contribution in [1.82, 2.24) is 0 Å². The van der Waals surface area contributed by atoms with Gasteiger partial charge in [0.1, 0.15) is 12.4 Å². The summed E-state index contributed by atoms with van der Waals surface area (Å²) < 4.78 is 6.24. The molecule has 1 aliphatic rings. The lowest BCUT2D eigenvalue weighted by Gasteiger charge is -2.37. The first-order valence-corrected chi connectivity index (χ1v) is 9.15. The molecular weight excluding hydrogens is 292 g/mol. The summed E-state index contributed by atoms with van der Waals surface area (Å²) >= 11 is 0. The van der Waals surface area contributed by atoms with E-state index in [2.05, 4.69) is 77.6 Å². The summed E-state index contributed by atoms with van der Waals surface area (Å²) in [4.78, 5) is 0. The molecule has 0 bridgehead atoms. The minimum atomic E-state index is 0.0186. The number of allylic oxidation sites excluding steroid dienone is 4. The quantitative estimate of drug-likeness (QED) is 0.521. The van der Waals surface area contributed by atoms with Crippen LogP contribution in [0.4, 0.5) is 0 Å². The van der Waals surface area contributed by atoms with E-state index >= 15 is 0 Å². The van der Waals surface area contributed by atoms with Crippen LogP contribution in [0.3, 0.4) is 0 Å². The van der Waals surface area contributed by atoms with Gasteiger partial charge in [-0.2, -0.15) is 0 Å². The van der Waals surface area contributed by atoms with E-state index < -0.39 is 0 Å². The Morgan fingerprint density at radius 2 is 1.79 bits per heavy atom. The molecule has 1 aromatic carbocycles. The third-order valence-electron chi connectivity index (χ3n) is 5.22. The van der Waals surface area contributed by atoms with Crippen molar-refractivity contribution in [3.63, 3.8) is 0 Å². The highest BCUT2D eigenvalue weighted by molar-refractivity contribution is 5.55. The molecule has 24 heavy (non-hydrogen) atoms. The number of hydrogen-bond acceptors (Lipinski definition) is 1. The zero-order valence-corrected chi connectivity index (χ0v) is 16.0. The number of rotatable bonds is 7. The molecule has 0 atom stereocenters. The summed E-state index contributed by atoms with van der Waals surface area (Å²) in [5.41, 5.74) is 4.09. The van der Waals surface area contributed by atoms with Gasteiger partial charge in [0, 0.05) is 11.0 Å². The Bertz CT molecular complexity index is 636. The lowest BCUT2D eigenvalue weighted by molar-refractivity contribution is 0.333. The molecule has 0 aliphatic heterocycles. The van der Waals surface area contributed by atoms with Gasteiger partial charge in [-0.1, -0.05) is 83.7 Å². The molecule has 1 heteroatoms. The van der Waals surface area contributed by atoms with Crippen molar-refractivity contribution in [1.29, 1.82) is 0 Å². The zero-order valence-electron chi connectivity index (χ0n) is 16.0. The van der Waals surface area contributed by atoms with E-state index in [-0.39, 0.29) is 10.8 Å². The van der Waals surface area contributed by atoms with Gasteiger partial charge in [0.25, 0.3) is 0 Å². The van der Waals surface area contributed by atoms with Crippen LogP contribution in [0.5, 0.6) is 5.75 Å². The van der Waals surface area contributed by atoms with E-state index in [1.807, 2.05) is 6.08 Å². The van der Waals surface area contributed by atoms with Crippen LogP contribution in [-0.2, 0) is 10.8 Å². The topological polar surface area (TPSA) is 9.23 Å². The van der Waals surface area contributed by atoms with E-state index in [0.29, 0.717) is 6.61 Å². The van der Waals surface area contributed by atoms with Gasteiger partial charge in [0.2, 0.25) is 0 Å². The molecule has 130 valence electrons. The van der Waals surface area contributed by atoms with Crippen molar-refractivity contribution in [3.8, 4) is 5.75 Å². The highest BCUT2D eigenvalue weighted by Gasteiger charge is 2.36. The van der Waals surface area contributed by atoms with Crippen LogP contribution in [-0.4, -0.2) is 6.61 Å². The standard InChI is InChI=1S/C23H32O/c1-7-17-24-21-19(22(4,5)6)15-12-16-20(21)23(8-2,9-3)18-13-10-11-14-18/h7,10,12-16H,1,8-9,11,17H2,2-6H3. The van der Waals surface area contributed by atoms with Crippen LogP contribution < -0.4 is 4.74 Å². The SMILES string of the molecule is C=CCOc1c(C(C)(C)C)cccc1C(CC)(CC)C1=CCC=C1. The fourth-order valence-corrected chi connectivity index (χ4v) is 3.81. The van der Waals surface area contributed by atoms with E-state index in [4.69, 9.17) is 4.74 Å². The first-order chi connectivity index (χ1) is 11.4. The fourth-order valence-electron chi connectivity index (χ4n) is 3.81. The third kappa shape index (κ3) is 3.36. The number of para-hydroxylation sites is 1. The van der Waals surface area contributed by atoms with Crippen LogP contribution in [0.1, 0.15) is 65.0 Å². The molecule has 1 nitrogen and oxygen atoms in total. The molecule has 0 radical (unpaired) electrons. The maximum Gasteiger partial charge on any atom is 0.127 e. The molecule has 0 spiro atoms. The molecule has 0 aromatic heterocycles. The molecule has 0 saturated heterocycles. The highest BCUT2D eigenvalue weighted by Crippen LogP contribution is 2.48. The number of hydrogen-bond donors (Lipinski definition) is 0. The van der Waals surface area contributed by atoms with Crippen molar-refractivity contribution in [2.24, 2.45) is 0 Å². The Morgan fingerprint density at radius 1 is 1.12 bits per heavy atom. The van der Waals surface area contributed by atoms with Crippen molar-refractivity contribution >= 4 is 0 Å². The number of benzene rings is 1. The van der Waals surface area contributed by atoms with Gasteiger partial charge in [-0.3, -0.25) is 0 Å². The van der Waals surface area contributed by atoms with Crippen LogP contribution in [0.15, 0.2) is 54.7 Å². The van der Waals surface area contributed by atoms with Gasteiger partial charge in [-0.15, -0.1) is 0 Å². The van der Waals surface area contributed by atoms with E-state index in [1.165, 1.54) is 16.7 Å². The molecule has 0 saturated carbocycles. The second-order valence-electron chi connectivity index (χ2n) is 7.62. The summed E-state index contributed by atoms with van der Waals surface area (Å²) in [5, 5.41) is 0. The monoisotopic (exact) mass is 324 g/mol. The highest BCUT2D eigenvalue weighted by atomic mass is 16.5. The molecular formula is C23H32O. The Labute approximate surface area is 148 Å². The first kappa shape index (κ1) is 18.6. The molecule has 0 unspecified atom stereocenters. The molecule has 0 heterocycles. The maximum absolute atomic E-state index is 6.24. The average molecular weight is 325 g/mol. The van der Waals surface area contributed by atoms with Crippen LogP contribution in [0, 0.1) is 0 Å². The molecule has 0 fully saturated rings. The predicted molar refractivity (Wildman–Crippen MR) is 105 cm³/mol. The van der Waals surface area contributed by atoms with E-state index in [9.17, 15) is 0 Å². The summed E-state index contributed by atoms with van der Waals surface area (Å²) in [6.45, 7) is 15.7. The van der Waals surface area contributed by atoms with Gasteiger partial charge in [0.15, 0.2) is 0 Å². The third-order valence-corrected chi connectivity index (χ3v) is 5.22. The van der Waals surface area contributed by atoms with Crippen molar-refractivity contribution < 1.29 is 4.74 Å². The van der Waals surface area contributed by atoms with Crippen molar-refractivity contribution in [2.45, 2.75) is 64.7 Å². The first-order valence-electron chi connectivity index (χ1n) is 9.15. The predicted octanol–water partition coefficient (Wildman–Crippen LogP) is 6.49. The lowest BCUT2D eigenvalue weighted by Crippen LogP contribution is -2.28. The normalized spacial score (nSPS) is 14.6. The fraction of sp³-hybridized carbons (Fsp3) is 0.478. The zero-order chi connectivity index (χ0) is 17.8. The minimum Gasteiger partial charge on any atom is -0.489 e. The summed E-state index contributed by atoms with van der Waals surface area (Å²) in [5.74, 6) is 1.05. The van der Waals surface area contributed by atoms with Gasteiger partial charge < -0.3 is 4.74 Å². The Hall–Kier alpha value is -1.76. The van der Waals surface area contributed by atoms with Gasteiger partial charge in [0.05, 0.1) is 0 Å². The van der Waals surface area contributed by atoms with Gasteiger partial charge >= 0.3 is 0 Å². The summed E-state index contributed by atoms with van der Waals surface area (Å²) in [6, 6.07) is 6.65. The van der Waals surface area contributed by atoms with E-state index in [1.54, 1.807) is 0 Å². The maximum atomic E-state index is 6.24. The summed E-state index contributed by atoms with van der Waals surface area (Å²) in [6.07, 6.45) is 11.9. The second-order valence-corrected chi connectivity index (χ2v) is 7.62. The lowest BCUT2D eigenvalue weighted by atomic mass is 9.68. The van der Waals surface area contributed by atoms with Crippen LogP contribution in [0.2, 0.25) is 0 Å². The minimum absolute atomic E-state index is 0.0186. The van der Waals surface area contributed by atoms with Crippen LogP contribution in [0.25, 0.3) is 0 Å². The second kappa shape index (κ2) is 7.42. The van der Waals surface area contributed by atoms with Crippen molar-refractivity contribution in [3.05, 3.63) is 65.8 Å². The van der Waals surface area contributed by atoms with Gasteiger partial charge in [-0.25, -0.2) is 0 Å². The molecule has 1 aromatic rings.